The Balaban J connectivity index is 1.79. The third-order valence-electron chi connectivity index (χ3n) is 3.84. The maximum atomic E-state index is 11.0. The number of aromatic carboxylic acids is 1. The van der Waals surface area contributed by atoms with Crippen LogP contribution in [0.4, 0.5) is 5.82 Å². The van der Waals surface area contributed by atoms with E-state index in [4.69, 9.17) is 10.8 Å². The van der Waals surface area contributed by atoms with Gasteiger partial charge < -0.3 is 15.8 Å². The first-order valence-corrected chi connectivity index (χ1v) is 7.53. The zero-order valence-electron chi connectivity index (χ0n) is 13.0. The van der Waals surface area contributed by atoms with Gasteiger partial charge in [0.1, 0.15) is 5.69 Å². The van der Waals surface area contributed by atoms with Crippen molar-refractivity contribution in [1.29, 1.82) is 0 Å². The van der Waals surface area contributed by atoms with Gasteiger partial charge in [0.2, 0.25) is 0 Å². The number of imidazole rings is 1. The Hall–Kier alpha value is -3.74. The largest absolute Gasteiger partial charge is 0.478 e. The zero-order valence-corrected chi connectivity index (χ0v) is 13.0. The topological polar surface area (TPSA) is 118 Å². The summed E-state index contributed by atoms with van der Waals surface area (Å²) in [5, 5.41) is 8.99. The average Bonchev–Trinajstić information content (AvgIpc) is 3.06. The molecular weight excluding hydrogens is 318 g/mol. The summed E-state index contributed by atoms with van der Waals surface area (Å²) in [6.45, 7) is 0. The highest BCUT2D eigenvalue weighted by atomic mass is 16.4. The van der Waals surface area contributed by atoms with E-state index in [1.165, 1.54) is 12.1 Å². The molecule has 2 aromatic carbocycles. The van der Waals surface area contributed by atoms with Crippen LogP contribution in [0.1, 0.15) is 10.4 Å². The summed E-state index contributed by atoms with van der Waals surface area (Å²) in [7, 11) is 0. The molecular formula is C18H13N5O2. The van der Waals surface area contributed by atoms with E-state index in [-0.39, 0.29) is 11.4 Å². The van der Waals surface area contributed by atoms with Crippen LogP contribution in [0, 0.1) is 0 Å². The molecule has 122 valence electrons. The maximum absolute atomic E-state index is 11.0. The molecule has 0 amide bonds. The summed E-state index contributed by atoms with van der Waals surface area (Å²) < 4.78 is 0. The van der Waals surface area contributed by atoms with E-state index >= 15 is 0 Å². The molecule has 0 bridgehead atoms. The monoisotopic (exact) mass is 331 g/mol. The van der Waals surface area contributed by atoms with Gasteiger partial charge in [-0.3, -0.25) is 0 Å². The SMILES string of the molecule is Nc1ncc(-c2ccc(C(=O)O)cc2)nc1-c1nc2ccccc2[nH]1. The maximum Gasteiger partial charge on any atom is 0.335 e. The Labute approximate surface area is 142 Å². The lowest BCUT2D eigenvalue weighted by molar-refractivity contribution is 0.0697. The van der Waals surface area contributed by atoms with Crippen LogP contribution < -0.4 is 5.73 Å². The summed E-state index contributed by atoms with van der Waals surface area (Å²) in [5.74, 6) is -0.168. The molecule has 0 unspecified atom stereocenters. The summed E-state index contributed by atoms with van der Waals surface area (Å²) in [5.41, 5.74) is 9.67. The third kappa shape index (κ3) is 2.67. The quantitative estimate of drug-likeness (QED) is 0.531. The molecule has 0 atom stereocenters. The Morgan fingerprint density at radius 1 is 1.04 bits per heavy atom. The van der Waals surface area contributed by atoms with Gasteiger partial charge >= 0.3 is 5.97 Å². The molecule has 2 heterocycles. The molecule has 0 aliphatic carbocycles. The number of rotatable bonds is 3. The number of fused-ring (bicyclic) bond motifs is 1. The fraction of sp³-hybridized carbons (Fsp3) is 0. The smallest absolute Gasteiger partial charge is 0.335 e. The van der Waals surface area contributed by atoms with Gasteiger partial charge in [-0.15, -0.1) is 0 Å². The first-order chi connectivity index (χ1) is 12.1. The second-order valence-electron chi connectivity index (χ2n) is 5.47. The van der Waals surface area contributed by atoms with Gasteiger partial charge in [0.15, 0.2) is 11.6 Å². The molecule has 7 heteroatoms. The molecule has 0 radical (unpaired) electrons. The van der Waals surface area contributed by atoms with Crippen LogP contribution in [0.5, 0.6) is 0 Å². The number of hydrogen-bond donors (Lipinski definition) is 3. The van der Waals surface area contributed by atoms with Gasteiger partial charge in [-0.1, -0.05) is 24.3 Å². The molecule has 4 aromatic rings. The van der Waals surface area contributed by atoms with E-state index in [1.807, 2.05) is 24.3 Å². The molecule has 0 fully saturated rings. The number of carboxylic acids is 1. The number of nitrogens with two attached hydrogens (primary N) is 1. The minimum atomic E-state index is -0.974. The first-order valence-electron chi connectivity index (χ1n) is 7.53. The number of anilines is 1. The number of nitrogen functional groups attached to an aromatic ring is 1. The molecule has 7 nitrogen and oxygen atoms in total. The van der Waals surface area contributed by atoms with Gasteiger partial charge in [-0.2, -0.15) is 0 Å². The van der Waals surface area contributed by atoms with Crippen molar-refractivity contribution < 1.29 is 9.90 Å². The van der Waals surface area contributed by atoms with Gasteiger partial charge in [-0.25, -0.2) is 19.7 Å². The van der Waals surface area contributed by atoms with Crippen molar-refractivity contribution in [2.45, 2.75) is 0 Å². The Morgan fingerprint density at radius 2 is 1.80 bits per heavy atom. The van der Waals surface area contributed by atoms with Crippen molar-refractivity contribution >= 4 is 22.8 Å². The van der Waals surface area contributed by atoms with Crippen molar-refractivity contribution in [3.8, 4) is 22.8 Å². The molecule has 4 rings (SSSR count). The van der Waals surface area contributed by atoms with Crippen molar-refractivity contribution in [3.63, 3.8) is 0 Å². The zero-order chi connectivity index (χ0) is 17.4. The molecule has 2 aromatic heterocycles. The Bertz CT molecular complexity index is 1050. The number of aromatic nitrogens is 4. The third-order valence-corrected chi connectivity index (χ3v) is 3.84. The van der Waals surface area contributed by atoms with Crippen molar-refractivity contribution in [2.24, 2.45) is 0 Å². The van der Waals surface area contributed by atoms with Crippen LogP contribution in [-0.2, 0) is 0 Å². The number of nitrogens with one attached hydrogen (secondary N) is 1. The molecule has 0 spiro atoms. The summed E-state index contributed by atoms with van der Waals surface area (Å²) in [4.78, 5) is 27.4. The van der Waals surface area contributed by atoms with Gasteiger partial charge in [0.25, 0.3) is 0 Å². The number of hydrogen-bond acceptors (Lipinski definition) is 5. The summed E-state index contributed by atoms with van der Waals surface area (Å²) in [6, 6.07) is 14.1. The van der Waals surface area contributed by atoms with E-state index in [2.05, 4.69) is 19.9 Å². The van der Waals surface area contributed by atoms with Crippen LogP contribution in [0.3, 0.4) is 0 Å². The first kappa shape index (κ1) is 14.8. The van der Waals surface area contributed by atoms with E-state index in [0.29, 0.717) is 17.2 Å². The Kier molecular flexibility index (Phi) is 3.39. The minimum absolute atomic E-state index is 0.213. The highest BCUT2D eigenvalue weighted by molar-refractivity contribution is 5.88. The van der Waals surface area contributed by atoms with E-state index in [0.717, 1.165) is 16.6 Å². The predicted molar refractivity (Wildman–Crippen MR) is 93.9 cm³/mol. The second-order valence-corrected chi connectivity index (χ2v) is 5.47. The van der Waals surface area contributed by atoms with Crippen LogP contribution >= 0.6 is 0 Å². The lowest BCUT2D eigenvalue weighted by Gasteiger charge is -2.05. The molecule has 0 aliphatic rings. The number of para-hydroxylation sites is 2. The van der Waals surface area contributed by atoms with Gasteiger partial charge in [-0.05, 0) is 24.3 Å². The van der Waals surface area contributed by atoms with Crippen molar-refractivity contribution in [2.75, 3.05) is 5.73 Å². The molecule has 4 N–H and O–H groups in total. The van der Waals surface area contributed by atoms with E-state index in [1.54, 1.807) is 18.3 Å². The van der Waals surface area contributed by atoms with Crippen LogP contribution in [-0.4, -0.2) is 31.0 Å². The lowest BCUT2D eigenvalue weighted by atomic mass is 10.1. The van der Waals surface area contributed by atoms with Crippen LogP contribution in [0.25, 0.3) is 33.8 Å². The number of carboxylic acid groups (broad SMARTS) is 1. The molecule has 25 heavy (non-hydrogen) atoms. The highest BCUT2D eigenvalue weighted by Crippen LogP contribution is 2.26. The highest BCUT2D eigenvalue weighted by Gasteiger charge is 2.13. The molecule has 0 aliphatic heterocycles. The fourth-order valence-electron chi connectivity index (χ4n) is 2.56. The molecule has 0 saturated heterocycles. The normalized spacial score (nSPS) is 10.9. The second kappa shape index (κ2) is 5.72. The van der Waals surface area contributed by atoms with E-state index < -0.39 is 5.97 Å². The standard InChI is InChI=1S/C18H13N5O2/c19-16-15(17-22-12-3-1-2-4-13(12)23-17)21-14(9-20-16)10-5-7-11(8-6-10)18(24)25/h1-9H,(H2,19,20)(H,22,23)(H,24,25). The molecule has 0 saturated carbocycles. The Morgan fingerprint density at radius 3 is 2.52 bits per heavy atom. The number of H-pyrrole nitrogens is 1. The van der Waals surface area contributed by atoms with E-state index in [9.17, 15) is 4.79 Å². The number of aromatic amines is 1. The minimum Gasteiger partial charge on any atom is -0.478 e. The average molecular weight is 331 g/mol. The number of benzene rings is 2. The van der Waals surface area contributed by atoms with Crippen molar-refractivity contribution in [1.82, 2.24) is 19.9 Å². The summed E-state index contributed by atoms with van der Waals surface area (Å²) in [6.07, 6.45) is 1.55. The summed E-state index contributed by atoms with van der Waals surface area (Å²) >= 11 is 0. The number of carbonyl (C=O) groups is 1. The van der Waals surface area contributed by atoms with Gasteiger partial charge in [0.05, 0.1) is 28.5 Å². The fourth-order valence-corrected chi connectivity index (χ4v) is 2.56. The lowest BCUT2D eigenvalue weighted by Crippen LogP contribution is -2.00. The van der Waals surface area contributed by atoms with Crippen LogP contribution in [0.15, 0.2) is 54.7 Å². The van der Waals surface area contributed by atoms with Crippen molar-refractivity contribution in [3.05, 3.63) is 60.3 Å². The van der Waals surface area contributed by atoms with Gasteiger partial charge in [0, 0.05) is 5.56 Å². The van der Waals surface area contributed by atoms with Crippen LogP contribution in [0.2, 0.25) is 0 Å². The number of nitrogens with zero attached hydrogens (tertiary/aromatic N) is 3. The predicted octanol–water partition coefficient (Wildman–Crippen LogP) is 2.97.